The summed E-state index contributed by atoms with van der Waals surface area (Å²) in [4.78, 5) is 21.7. The first kappa shape index (κ1) is 21.6. The molecule has 162 valence electrons. The zero-order chi connectivity index (χ0) is 22.5. The zero-order valence-electron chi connectivity index (χ0n) is 18.9. The molecule has 1 aromatic heterocycles. The Morgan fingerprint density at radius 3 is 2.25 bits per heavy atom. The molecule has 2 N–H and O–H groups in total. The van der Waals surface area contributed by atoms with Crippen molar-refractivity contribution in [2.75, 3.05) is 0 Å². The SMILES string of the molecule is CCCC(NC(=O)c1[nH]c(-c2ccccc2)nc1-c1ccc(C)c(C)c1)c1ccccc1. The number of amides is 1. The Morgan fingerprint density at radius 2 is 1.59 bits per heavy atom. The molecule has 1 atom stereocenters. The minimum atomic E-state index is -0.143. The second kappa shape index (κ2) is 9.65. The van der Waals surface area contributed by atoms with Crippen LogP contribution < -0.4 is 5.32 Å². The molecular formula is C28H29N3O. The molecule has 0 bridgehead atoms. The summed E-state index contributed by atoms with van der Waals surface area (Å²) in [6, 6.07) is 26.2. The number of hydrogen-bond donors (Lipinski definition) is 2. The number of carbonyl (C=O) groups is 1. The summed E-state index contributed by atoms with van der Waals surface area (Å²) in [5.41, 5.74) is 6.54. The Morgan fingerprint density at radius 1 is 0.906 bits per heavy atom. The smallest absolute Gasteiger partial charge is 0.270 e. The molecule has 1 unspecified atom stereocenters. The number of nitrogens with zero attached hydrogens (tertiary/aromatic N) is 1. The van der Waals surface area contributed by atoms with E-state index in [4.69, 9.17) is 4.98 Å². The Hall–Kier alpha value is -3.66. The lowest BCUT2D eigenvalue weighted by atomic mass is 10.0. The van der Waals surface area contributed by atoms with Crippen LogP contribution in [-0.2, 0) is 0 Å². The van der Waals surface area contributed by atoms with E-state index in [-0.39, 0.29) is 11.9 Å². The van der Waals surface area contributed by atoms with Crippen LogP contribution in [0.25, 0.3) is 22.6 Å². The summed E-state index contributed by atoms with van der Waals surface area (Å²) >= 11 is 0. The predicted octanol–water partition coefficient (Wildman–Crippen LogP) is 6.63. The summed E-state index contributed by atoms with van der Waals surface area (Å²) in [5, 5.41) is 3.24. The van der Waals surface area contributed by atoms with Gasteiger partial charge in [-0.2, -0.15) is 0 Å². The third-order valence-electron chi connectivity index (χ3n) is 5.84. The van der Waals surface area contributed by atoms with E-state index in [0.29, 0.717) is 17.2 Å². The molecular weight excluding hydrogens is 394 g/mol. The second-order valence-electron chi connectivity index (χ2n) is 8.20. The van der Waals surface area contributed by atoms with Gasteiger partial charge in [0.15, 0.2) is 0 Å². The van der Waals surface area contributed by atoms with Crippen molar-refractivity contribution >= 4 is 5.91 Å². The highest BCUT2D eigenvalue weighted by Crippen LogP contribution is 2.28. The summed E-state index contributed by atoms with van der Waals surface area (Å²) in [6.45, 7) is 6.30. The fraction of sp³-hybridized carbons (Fsp3) is 0.214. The standard InChI is InChI=1S/C28H29N3O/c1-4-11-24(21-12-7-5-8-13-21)29-28(32)26-25(23-17-16-19(2)20(3)18-23)30-27(31-26)22-14-9-6-10-15-22/h5-10,12-18,24H,4,11H2,1-3H3,(H,29,32)(H,30,31). The van der Waals surface area contributed by atoms with Crippen molar-refractivity contribution in [3.05, 3.63) is 101 Å². The van der Waals surface area contributed by atoms with Crippen molar-refractivity contribution in [2.45, 2.75) is 39.7 Å². The van der Waals surface area contributed by atoms with Gasteiger partial charge in [-0.3, -0.25) is 4.79 Å². The predicted molar refractivity (Wildman–Crippen MR) is 130 cm³/mol. The van der Waals surface area contributed by atoms with E-state index in [2.05, 4.69) is 55.3 Å². The number of benzene rings is 3. The van der Waals surface area contributed by atoms with Gasteiger partial charge < -0.3 is 10.3 Å². The van der Waals surface area contributed by atoms with Crippen LogP contribution in [0.5, 0.6) is 0 Å². The van der Waals surface area contributed by atoms with Gasteiger partial charge in [0.05, 0.1) is 6.04 Å². The number of H-pyrrole nitrogens is 1. The Kier molecular flexibility index (Phi) is 6.50. The van der Waals surface area contributed by atoms with Crippen LogP contribution in [0.3, 0.4) is 0 Å². The van der Waals surface area contributed by atoms with Crippen molar-refractivity contribution in [1.29, 1.82) is 0 Å². The molecule has 0 aliphatic carbocycles. The molecule has 4 heteroatoms. The molecule has 1 amide bonds. The average molecular weight is 424 g/mol. The number of aromatic nitrogens is 2. The molecule has 0 aliphatic heterocycles. The number of carbonyl (C=O) groups excluding carboxylic acids is 1. The van der Waals surface area contributed by atoms with Crippen LogP contribution in [0.2, 0.25) is 0 Å². The maximum Gasteiger partial charge on any atom is 0.270 e. The molecule has 0 spiro atoms. The van der Waals surface area contributed by atoms with E-state index >= 15 is 0 Å². The van der Waals surface area contributed by atoms with Crippen molar-refractivity contribution in [3.8, 4) is 22.6 Å². The Balaban J connectivity index is 1.74. The molecule has 4 aromatic rings. The zero-order valence-corrected chi connectivity index (χ0v) is 18.9. The maximum absolute atomic E-state index is 13.5. The van der Waals surface area contributed by atoms with Crippen LogP contribution >= 0.6 is 0 Å². The molecule has 32 heavy (non-hydrogen) atoms. The first-order chi connectivity index (χ1) is 15.6. The number of hydrogen-bond acceptors (Lipinski definition) is 2. The molecule has 1 heterocycles. The van der Waals surface area contributed by atoms with E-state index < -0.39 is 0 Å². The number of aryl methyl sites for hydroxylation is 2. The number of rotatable bonds is 7. The summed E-state index contributed by atoms with van der Waals surface area (Å²) < 4.78 is 0. The molecule has 4 nitrogen and oxygen atoms in total. The highest BCUT2D eigenvalue weighted by molar-refractivity contribution is 5.99. The number of imidazole rings is 1. The van der Waals surface area contributed by atoms with Gasteiger partial charge in [0, 0.05) is 11.1 Å². The third kappa shape index (κ3) is 4.65. The molecule has 0 saturated heterocycles. The fourth-order valence-electron chi connectivity index (χ4n) is 3.89. The van der Waals surface area contributed by atoms with Gasteiger partial charge in [0.1, 0.15) is 17.2 Å². The van der Waals surface area contributed by atoms with Gasteiger partial charge in [-0.05, 0) is 43.0 Å². The summed E-state index contributed by atoms with van der Waals surface area (Å²) in [5.74, 6) is 0.547. The minimum Gasteiger partial charge on any atom is -0.344 e. The molecule has 0 saturated carbocycles. The lowest BCUT2D eigenvalue weighted by Gasteiger charge is -2.18. The summed E-state index contributed by atoms with van der Waals surface area (Å²) in [7, 11) is 0. The van der Waals surface area contributed by atoms with E-state index in [1.807, 2.05) is 54.6 Å². The lowest BCUT2D eigenvalue weighted by molar-refractivity contribution is 0.0930. The third-order valence-corrected chi connectivity index (χ3v) is 5.84. The highest BCUT2D eigenvalue weighted by atomic mass is 16.2. The van der Waals surface area contributed by atoms with Gasteiger partial charge in [-0.1, -0.05) is 86.1 Å². The Bertz CT molecular complexity index is 1200. The first-order valence-corrected chi connectivity index (χ1v) is 11.2. The first-order valence-electron chi connectivity index (χ1n) is 11.2. The minimum absolute atomic E-state index is 0.0511. The van der Waals surface area contributed by atoms with Crippen molar-refractivity contribution in [3.63, 3.8) is 0 Å². The van der Waals surface area contributed by atoms with Crippen LogP contribution in [0.15, 0.2) is 78.9 Å². The van der Waals surface area contributed by atoms with Crippen LogP contribution in [0.1, 0.15) is 53.0 Å². The van der Waals surface area contributed by atoms with Gasteiger partial charge >= 0.3 is 0 Å². The van der Waals surface area contributed by atoms with Gasteiger partial charge in [0.2, 0.25) is 0 Å². The number of aromatic amines is 1. The topological polar surface area (TPSA) is 57.8 Å². The van der Waals surface area contributed by atoms with Crippen LogP contribution in [0.4, 0.5) is 0 Å². The molecule has 4 rings (SSSR count). The molecule has 0 aliphatic rings. The maximum atomic E-state index is 13.5. The normalized spacial score (nSPS) is 11.8. The quantitative estimate of drug-likeness (QED) is 0.350. The van der Waals surface area contributed by atoms with E-state index in [1.165, 1.54) is 11.1 Å². The molecule has 0 fully saturated rings. The lowest BCUT2D eigenvalue weighted by Crippen LogP contribution is -2.29. The van der Waals surface area contributed by atoms with E-state index in [1.54, 1.807) is 0 Å². The molecule has 0 radical (unpaired) electrons. The van der Waals surface area contributed by atoms with Crippen molar-refractivity contribution in [1.82, 2.24) is 15.3 Å². The largest absolute Gasteiger partial charge is 0.344 e. The highest BCUT2D eigenvalue weighted by Gasteiger charge is 2.22. The summed E-state index contributed by atoms with van der Waals surface area (Å²) in [6.07, 6.45) is 1.84. The fourth-order valence-corrected chi connectivity index (χ4v) is 3.89. The van der Waals surface area contributed by atoms with Gasteiger partial charge in [0.25, 0.3) is 5.91 Å². The van der Waals surface area contributed by atoms with Crippen LogP contribution in [0, 0.1) is 13.8 Å². The monoisotopic (exact) mass is 423 g/mol. The average Bonchev–Trinajstić information content (AvgIpc) is 3.27. The number of nitrogens with one attached hydrogen (secondary N) is 2. The van der Waals surface area contributed by atoms with Crippen LogP contribution in [-0.4, -0.2) is 15.9 Å². The van der Waals surface area contributed by atoms with Gasteiger partial charge in [-0.25, -0.2) is 4.98 Å². The van der Waals surface area contributed by atoms with E-state index in [0.717, 1.165) is 29.5 Å². The molecule has 3 aromatic carbocycles. The Labute approximate surface area is 189 Å². The van der Waals surface area contributed by atoms with Gasteiger partial charge in [-0.15, -0.1) is 0 Å². The van der Waals surface area contributed by atoms with Crippen molar-refractivity contribution < 1.29 is 4.79 Å². The second-order valence-corrected chi connectivity index (χ2v) is 8.20. The van der Waals surface area contributed by atoms with E-state index in [9.17, 15) is 4.79 Å². The van der Waals surface area contributed by atoms with Crippen molar-refractivity contribution in [2.24, 2.45) is 0 Å².